The molecule has 0 aliphatic carbocycles. The van der Waals surface area contributed by atoms with Crippen molar-refractivity contribution in [3.63, 3.8) is 0 Å². The Labute approximate surface area is 83.5 Å². The van der Waals surface area contributed by atoms with Crippen molar-refractivity contribution in [3.8, 4) is 5.75 Å². The Morgan fingerprint density at radius 3 is 2.85 bits per heavy atom. The lowest BCUT2D eigenvalue weighted by Gasteiger charge is -1.99. The molecule has 0 unspecified atom stereocenters. The summed E-state index contributed by atoms with van der Waals surface area (Å²) in [6, 6.07) is 1.85. The highest BCUT2D eigenvalue weighted by Crippen LogP contribution is 2.35. The Kier molecular flexibility index (Phi) is 1.80. The zero-order valence-corrected chi connectivity index (χ0v) is 8.84. The maximum absolute atomic E-state index is 9.68. The first-order valence-electron chi connectivity index (χ1n) is 3.85. The first-order chi connectivity index (χ1) is 6.09. The van der Waals surface area contributed by atoms with Crippen molar-refractivity contribution < 1.29 is 9.52 Å². The average Bonchev–Trinajstić information content (AvgIpc) is 2.42. The molecule has 68 valence electrons. The summed E-state index contributed by atoms with van der Waals surface area (Å²) < 4.78 is 5.97. The van der Waals surface area contributed by atoms with Crippen LogP contribution < -0.4 is 0 Å². The number of aromatic nitrogens is 1. The number of phenols is 1. The standard InChI is InChI=1S/C9H8BrNO2/c1-4-3-6-8(9(12)7(4)10)11-5(2)13-6/h3,12H,1-2H3. The molecular formula is C9H8BrNO2. The molecule has 1 heterocycles. The summed E-state index contributed by atoms with van der Waals surface area (Å²) in [6.07, 6.45) is 0. The lowest BCUT2D eigenvalue weighted by Crippen LogP contribution is -1.78. The Bertz CT molecular complexity index is 476. The minimum Gasteiger partial charge on any atom is -0.504 e. The summed E-state index contributed by atoms with van der Waals surface area (Å²) in [5, 5.41) is 9.68. The van der Waals surface area contributed by atoms with Gasteiger partial charge in [0.05, 0.1) is 4.47 Å². The van der Waals surface area contributed by atoms with Crippen molar-refractivity contribution >= 4 is 27.0 Å². The van der Waals surface area contributed by atoms with Crippen LogP contribution in [-0.2, 0) is 0 Å². The lowest BCUT2D eigenvalue weighted by atomic mass is 10.2. The second-order valence-electron chi connectivity index (χ2n) is 2.94. The molecule has 1 aromatic heterocycles. The first kappa shape index (κ1) is 8.56. The second-order valence-corrected chi connectivity index (χ2v) is 3.73. The molecular weight excluding hydrogens is 234 g/mol. The van der Waals surface area contributed by atoms with Gasteiger partial charge in [-0.15, -0.1) is 0 Å². The lowest BCUT2D eigenvalue weighted by molar-refractivity contribution is 0.476. The van der Waals surface area contributed by atoms with Gasteiger partial charge in [0.1, 0.15) is 0 Å². The number of hydrogen-bond acceptors (Lipinski definition) is 3. The number of phenolic OH excluding ortho intramolecular Hbond substituents is 1. The molecule has 2 rings (SSSR count). The van der Waals surface area contributed by atoms with E-state index in [0.717, 1.165) is 5.56 Å². The van der Waals surface area contributed by atoms with E-state index in [-0.39, 0.29) is 5.75 Å². The largest absolute Gasteiger partial charge is 0.504 e. The van der Waals surface area contributed by atoms with Crippen molar-refractivity contribution in [2.45, 2.75) is 13.8 Å². The van der Waals surface area contributed by atoms with Gasteiger partial charge >= 0.3 is 0 Å². The van der Waals surface area contributed by atoms with Crippen LogP contribution in [0.1, 0.15) is 11.5 Å². The molecule has 13 heavy (non-hydrogen) atoms. The zero-order valence-electron chi connectivity index (χ0n) is 7.26. The molecule has 0 fully saturated rings. The van der Waals surface area contributed by atoms with Crippen LogP contribution >= 0.6 is 15.9 Å². The third-order valence-corrected chi connectivity index (χ3v) is 2.89. The summed E-state index contributed by atoms with van der Waals surface area (Å²) in [7, 11) is 0. The molecule has 0 aliphatic rings. The summed E-state index contributed by atoms with van der Waals surface area (Å²) in [5.74, 6) is 0.703. The Morgan fingerprint density at radius 1 is 1.46 bits per heavy atom. The number of oxazole rings is 1. The van der Waals surface area contributed by atoms with Gasteiger partial charge in [-0.3, -0.25) is 0 Å². The van der Waals surface area contributed by atoms with Gasteiger partial charge < -0.3 is 9.52 Å². The maximum Gasteiger partial charge on any atom is 0.192 e. The van der Waals surface area contributed by atoms with Gasteiger partial charge in [-0.1, -0.05) is 0 Å². The van der Waals surface area contributed by atoms with Crippen LogP contribution in [0.2, 0.25) is 0 Å². The van der Waals surface area contributed by atoms with Gasteiger partial charge in [-0.25, -0.2) is 4.98 Å². The van der Waals surface area contributed by atoms with Gasteiger partial charge in [0.25, 0.3) is 0 Å². The minimum absolute atomic E-state index is 0.145. The number of benzene rings is 1. The predicted molar refractivity (Wildman–Crippen MR) is 52.8 cm³/mol. The van der Waals surface area contributed by atoms with E-state index >= 15 is 0 Å². The van der Waals surface area contributed by atoms with Gasteiger partial charge in [0.15, 0.2) is 22.7 Å². The molecule has 0 amide bonds. The van der Waals surface area contributed by atoms with E-state index in [2.05, 4.69) is 20.9 Å². The van der Waals surface area contributed by atoms with Crippen molar-refractivity contribution in [2.24, 2.45) is 0 Å². The van der Waals surface area contributed by atoms with Crippen LogP contribution in [0.25, 0.3) is 11.1 Å². The van der Waals surface area contributed by atoms with Gasteiger partial charge in [-0.2, -0.15) is 0 Å². The Morgan fingerprint density at radius 2 is 2.15 bits per heavy atom. The highest BCUT2D eigenvalue weighted by atomic mass is 79.9. The molecule has 2 aromatic rings. The molecule has 0 saturated carbocycles. The number of aryl methyl sites for hydroxylation is 2. The Balaban J connectivity index is 2.92. The molecule has 1 N–H and O–H groups in total. The molecule has 0 aliphatic heterocycles. The molecule has 3 nitrogen and oxygen atoms in total. The van der Waals surface area contributed by atoms with Gasteiger partial charge in [0.2, 0.25) is 0 Å². The highest BCUT2D eigenvalue weighted by Gasteiger charge is 2.12. The minimum atomic E-state index is 0.145. The topological polar surface area (TPSA) is 46.3 Å². The van der Waals surface area contributed by atoms with E-state index in [1.807, 2.05) is 13.0 Å². The van der Waals surface area contributed by atoms with Gasteiger partial charge in [0, 0.05) is 6.92 Å². The van der Waals surface area contributed by atoms with Crippen LogP contribution in [0, 0.1) is 13.8 Å². The molecule has 0 bridgehead atoms. The molecule has 1 aromatic carbocycles. The SMILES string of the molecule is Cc1nc2c(O)c(Br)c(C)cc2o1. The van der Waals surface area contributed by atoms with Crippen molar-refractivity contribution in [2.75, 3.05) is 0 Å². The molecule has 4 heteroatoms. The number of rotatable bonds is 0. The van der Waals surface area contributed by atoms with Crippen molar-refractivity contribution in [3.05, 3.63) is 22.0 Å². The molecule has 0 radical (unpaired) electrons. The summed E-state index contributed by atoms with van der Waals surface area (Å²) in [4.78, 5) is 4.07. The van der Waals surface area contributed by atoms with E-state index in [4.69, 9.17) is 4.42 Å². The van der Waals surface area contributed by atoms with E-state index < -0.39 is 0 Å². The normalized spacial score (nSPS) is 11.0. The van der Waals surface area contributed by atoms with Crippen LogP contribution in [0.3, 0.4) is 0 Å². The molecule has 0 atom stereocenters. The highest BCUT2D eigenvalue weighted by molar-refractivity contribution is 9.10. The second kappa shape index (κ2) is 2.73. The van der Waals surface area contributed by atoms with E-state index in [9.17, 15) is 5.11 Å². The van der Waals surface area contributed by atoms with Crippen LogP contribution in [-0.4, -0.2) is 10.1 Å². The van der Waals surface area contributed by atoms with E-state index in [1.54, 1.807) is 6.92 Å². The van der Waals surface area contributed by atoms with Crippen LogP contribution in [0.15, 0.2) is 15.0 Å². The van der Waals surface area contributed by atoms with E-state index in [1.165, 1.54) is 0 Å². The smallest absolute Gasteiger partial charge is 0.192 e. The number of halogens is 1. The van der Waals surface area contributed by atoms with Crippen molar-refractivity contribution in [1.29, 1.82) is 0 Å². The summed E-state index contributed by atoms with van der Waals surface area (Å²) >= 11 is 3.28. The third kappa shape index (κ3) is 1.21. The van der Waals surface area contributed by atoms with Crippen molar-refractivity contribution in [1.82, 2.24) is 4.98 Å². The number of aromatic hydroxyl groups is 1. The fraction of sp³-hybridized carbons (Fsp3) is 0.222. The fourth-order valence-electron chi connectivity index (χ4n) is 1.26. The first-order valence-corrected chi connectivity index (χ1v) is 4.64. The number of hydrogen-bond donors (Lipinski definition) is 1. The Hall–Kier alpha value is -1.03. The summed E-state index contributed by atoms with van der Waals surface area (Å²) in [5.41, 5.74) is 2.06. The fourth-order valence-corrected chi connectivity index (χ4v) is 1.56. The number of nitrogens with zero attached hydrogens (tertiary/aromatic N) is 1. The summed E-state index contributed by atoms with van der Waals surface area (Å²) in [6.45, 7) is 3.64. The monoisotopic (exact) mass is 241 g/mol. The number of fused-ring (bicyclic) bond motifs is 1. The van der Waals surface area contributed by atoms with Crippen LogP contribution in [0.5, 0.6) is 5.75 Å². The van der Waals surface area contributed by atoms with Crippen LogP contribution in [0.4, 0.5) is 0 Å². The molecule has 0 spiro atoms. The zero-order chi connectivity index (χ0) is 9.59. The maximum atomic E-state index is 9.68. The van der Waals surface area contributed by atoms with Gasteiger partial charge in [-0.05, 0) is 34.5 Å². The average molecular weight is 242 g/mol. The van der Waals surface area contributed by atoms with E-state index in [0.29, 0.717) is 21.5 Å². The quantitative estimate of drug-likeness (QED) is 0.772. The molecule has 0 saturated heterocycles. The third-order valence-electron chi connectivity index (χ3n) is 1.89. The predicted octanol–water partition coefficient (Wildman–Crippen LogP) is 2.91.